The summed E-state index contributed by atoms with van der Waals surface area (Å²) in [7, 11) is -4.18. The molecule has 0 spiro atoms. The van der Waals surface area contributed by atoms with Crippen molar-refractivity contribution in [3.8, 4) is 0 Å². The maximum atomic E-state index is 12.8. The molecule has 1 heterocycles. The molecule has 194 valence electrons. The number of aryl methyl sites for hydroxylation is 1. The van der Waals surface area contributed by atoms with Gasteiger partial charge in [-0.05, 0) is 31.2 Å². The summed E-state index contributed by atoms with van der Waals surface area (Å²) in [5, 5.41) is 13.6. The first-order chi connectivity index (χ1) is 17.1. The first-order valence-corrected chi connectivity index (χ1v) is 12.6. The van der Waals surface area contributed by atoms with Crippen molar-refractivity contribution in [1.82, 2.24) is 5.32 Å². The standard InChI is InChI=1S/C25H29NO9S/c1-4-14-32-25-21(26-17(3)27)23(35-24(29)18-8-6-5-7-9-18)22(28)20(34-25)15-33-36(30,31)19-12-10-16(2)11-13-19/h4-13,20-23,25,28H,1,14-15H2,2-3H3,(H,26,27)/t20-,21-,22-,23-,25+/m1/s1. The van der Waals surface area contributed by atoms with Gasteiger partial charge in [0.25, 0.3) is 10.1 Å². The first-order valence-electron chi connectivity index (χ1n) is 11.2. The minimum Gasteiger partial charge on any atom is -0.453 e. The molecule has 2 N–H and O–H groups in total. The molecule has 0 aliphatic carbocycles. The number of aliphatic hydroxyl groups is 1. The van der Waals surface area contributed by atoms with Gasteiger partial charge in [0.15, 0.2) is 12.4 Å². The fourth-order valence-electron chi connectivity index (χ4n) is 3.58. The van der Waals surface area contributed by atoms with Gasteiger partial charge < -0.3 is 24.6 Å². The molecule has 1 fully saturated rings. The van der Waals surface area contributed by atoms with Crippen molar-refractivity contribution in [3.63, 3.8) is 0 Å². The van der Waals surface area contributed by atoms with E-state index in [0.717, 1.165) is 5.56 Å². The van der Waals surface area contributed by atoms with E-state index in [1.165, 1.54) is 37.3 Å². The summed E-state index contributed by atoms with van der Waals surface area (Å²) in [5.74, 6) is -1.24. The highest BCUT2D eigenvalue weighted by molar-refractivity contribution is 7.86. The van der Waals surface area contributed by atoms with Crippen LogP contribution in [0.5, 0.6) is 0 Å². The van der Waals surface area contributed by atoms with E-state index in [1.807, 2.05) is 6.92 Å². The Morgan fingerprint density at radius 2 is 1.81 bits per heavy atom. The number of esters is 1. The minimum atomic E-state index is -4.18. The fourth-order valence-corrected chi connectivity index (χ4v) is 4.50. The van der Waals surface area contributed by atoms with E-state index in [9.17, 15) is 23.1 Å². The number of hydrogen-bond donors (Lipinski definition) is 2. The monoisotopic (exact) mass is 519 g/mol. The summed E-state index contributed by atoms with van der Waals surface area (Å²) in [6.45, 7) is 6.04. The zero-order chi connectivity index (χ0) is 26.3. The number of rotatable bonds is 10. The van der Waals surface area contributed by atoms with Gasteiger partial charge in [0.05, 0.1) is 23.7 Å². The molecule has 2 aromatic carbocycles. The topological polar surface area (TPSA) is 137 Å². The van der Waals surface area contributed by atoms with Gasteiger partial charge in [-0.2, -0.15) is 8.42 Å². The van der Waals surface area contributed by atoms with Gasteiger partial charge in [-0.1, -0.05) is 42.0 Å². The van der Waals surface area contributed by atoms with E-state index in [1.54, 1.807) is 30.3 Å². The number of carbonyl (C=O) groups excluding carboxylic acids is 2. The highest BCUT2D eigenvalue weighted by atomic mass is 32.2. The molecule has 10 nitrogen and oxygen atoms in total. The zero-order valence-electron chi connectivity index (χ0n) is 19.9. The van der Waals surface area contributed by atoms with Crippen LogP contribution in [-0.2, 0) is 33.3 Å². The van der Waals surface area contributed by atoms with Crippen LogP contribution < -0.4 is 5.32 Å². The number of amides is 1. The van der Waals surface area contributed by atoms with Crippen LogP contribution in [0, 0.1) is 6.92 Å². The smallest absolute Gasteiger partial charge is 0.338 e. The molecule has 3 rings (SSSR count). The molecule has 1 aliphatic rings. The summed E-state index contributed by atoms with van der Waals surface area (Å²) < 4.78 is 47.4. The van der Waals surface area contributed by atoms with Crippen molar-refractivity contribution < 1.29 is 41.5 Å². The van der Waals surface area contributed by atoms with Crippen LogP contribution >= 0.6 is 0 Å². The normalized spacial score (nSPS) is 24.0. The second kappa shape index (κ2) is 12.2. The molecule has 2 aromatic rings. The summed E-state index contributed by atoms with van der Waals surface area (Å²) >= 11 is 0. The molecular weight excluding hydrogens is 490 g/mol. The first kappa shape index (κ1) is 27.5. The lowest BCUT2D eigenvalue weighted by molar-refractivity contribution is -0.265. The van der Waals surface area contributed by atoms with E-state index in [2.05, 4.69) is 11.9 Å². The second-order valence-electron chi connectivity index (χ2n) is 8.17. The Morgan fingerprint density at radius 3 is 2.42 bits per heavy atom. The Hall–Kier alpha value is -3.09. The molecule has 0 aromatic heterocycles. The SMILES string of the molecule is C=CCO[C@H]1O[C@H](COS(=O)(=O)c2ccc(C)cc2)[C@@H](O)[C@H](OC(=O)c2ccccc2)[C@H]1NC(C)=O. The molecule has 36 heavy (non-hydrogen) atoms. The van der Waals surface area contributed by atoms with E-state index in [4.69, 9.17) is 18.4 Å². The van der Waals surface area contributed by atoms with Crippen LogP contribution in [0.2, 0.25) is 0 Å². The maximum absolute atomic E-state index is 12.8. The van der Waals surface area contributed by atoms with Gasteiger partial charge in [-0.15, -0.1) is 6.58 Å². The number of hydrogen-bond acceptors (Lipinski definition) is 9. The molecule has 5 atom stereocenters. The lowest BCUT2D eigenvalue weighted by Crippen LogP contribution is -2.65. The Kier molecular flexibility index (Phi) is 9.35. The Balaban J connectivity index is 1.85. The third kappa shape index (κ3) is 6.99. The molecule has 1 saturated heterocycles. The Labute approximate surface area is 209 Å². The second-order valence-corrected chi connectivity index (χ2v) is 9.78. The molecule has 1 aliphatic heterocycles. The van der Waals surface area contributed by atoms with E-state index in [0.29, 0.717) is 0 Å². The fraction of sp³-hybridized carbons (Fsp3) is 0.360. The summed E-state index contributed by atoms with van der Waals surface area (Å²) in [6.07, 6.45) is -3.96. The Bertz CT molecular complexity index is 1150. The number of carbonyl (C=O) groups is 2. The Morgan fingerprint density at radius 1 is 1.14 bits per heavy atom. The average Bonchev–Trinajstić information content (AvgIpc) is 2.85. The van der Waals surface area contributed by atoms with E-state index >= 15 is 0 Å². The van der Waals surface area contributed by atoms with Gasteiger partial charge in [0.1, 0.15) is 18.2 Å². The van der Waals surface area contributed by atoms with Crippen LogP contribution in [0.25, 0.3) is 0 Å². The van der Waals surface area contributed by atoms with Gasteiger partial charge >= 0.3 is 5.97 Å². The molecule has 11 heteroatoms. The van der Waals surface area contributed by atoms with Crippen molar-refractivity contribution >= 4 is 22.0 Å². The molecule has 0 saturated carbocycles. The van der Waals surface area contributed by atoms with Crippen LogP contribution in [0.1, 0.15) is 22.8 Å². The van der Waals surface area contributed by atoms with Gasteiger partial charge in [-0.3, -0.25) is 8.98 Å². The number of benzene rings is 2. The maximum Gasteiger partial charge on any atom is 0.338 e. The lowest BCUT2D eigenvalue weighted by atomic mass is 9.96. The van der Waals surface area contributed by atoms with Gasteiger partial charge in [0.2, 0.25) is 5.91 Å². The lowest BCUT2D eigenvalue weighted by Gasteiger charge is -2.43. The molecule has 0 unspecified atom stereocenters. The largest absolute Gasteiger partial charge is 0.453 e. The van der Waals surface area contributed by atoms with Crippen molar-refractivity contribution in [2.45, 2.75) is 49.4 Å². The number of ether oxygens (including phenoxy) is 3. The van der Waals surface area contributed by atoms with Crippen LogP contribution in [0.15, 0.2) is 72.1 Å². The molecule has 0 bridgehead atoms. The highest BCUT2D eigenvalue weighted by Crippen LogP contribution is 2.27. The molecule has 1 amide bonds. The zero-order valence-corrected chi connectivity index (χ0v) is 20.7. The van der Waals surface area contributed by atoms with Gasteiger partial charge in [0, 0.05) is 6.92 Å². The van der Waals surface area contributed by atoms with Gasteiger partial charge in [-0.25, -0.2) is 4.79 Å². The third-order valence-electron chi connectivity index (χ3n) is 5.37. The molecular formula is C25H29NO9S. The summed E-state index contributed by atoms with van der Waals surface area (Å²) in [4.78, 5) is 24.6. The molecule has 0 radical (unpaired) electrons. The number of aliphatic hydroxyl groups excluding tert-OH is 1. The van der Waals surface area contributed by atoms with Crippen molar-refractivity contribution in [3.05, 3.63) is 78.4 Å². The predicted octanol–water partition coefficient (Wildman–Crippen LogP) is 1.72. The minimum absolute atomic E-state index is 0.00540. The van der Waals surface area contributed by atoms with Crippen LogP contribution in [0.3, 0.4) is 0 Å². The predicted molar refractivity (Wildman–Crippen MR) is 128 cm³/mol. The van der Waals surface area contributed by atoms with Crippen LogP contribution in [-0.4, -0.2) is 69.3 Å². The number of nitrogens with one attached hydrogen (secondary N) is 1. The van der Waals surface area contributed by atoms with E-state index in [-0.39, 0.29) is 17.1 Å². The van der Waals surface area contributed by atoms with Crippen molar-refractivity contribution in [1.29, 1.82) is 0 Å². The average molecular weight is 520 g/mol. The van der Waals surface area contributed by atoms with E-state index < -0.39 is 59.2 Å². The van der Waals surface area contributed by atoms with Crippen molar-refractivity contribution in [2.24, 2.45) is 0 Å². The highest BCUT2D eigenvalue weighted by Gasteiger charge is 2.49. The third-order valence-corrected chi connectivity index (χ3v) is 6.67. The summed E-state index contributed by atoms with van der Waals surface area (Å²) in [5.41, 5.74) is 1.09. The summed E-state index contributed by atoms with van der Waals surface area (Å²) in [6, 6.07) is 13.0. The van der Waals surface area contributed by atoms with Crippen LogP contribution in [0.4, 0.5) is 0 Å². The van der Waals surface area contributed by atoms with Crippen molar-refractivity contribution in [2.75, 3.05) is 13.2 Å². The quantitative estimate of drug-likeness (QED) is 0.273.